The molecule has 1 saturated heterocycles. The van der Waals surface area contributed by atoms with Gasteiger partial charge in [0.1, 0.15) is 11.7 Å². The van der Waals surface area contributed by atoms with Gasteiger partial charge in [0.2, 0.25) is 0 Å². The van der Waals surface area contributed by atoms with E-state index in [4.69, 9.17) is 0 Å². The Morgan fingerprint density at radius 2 is 1.77 bits per heavy atom. The molecule has 1 aromatic heterocycles. The number of aromatic amines is 1. The number of nitrogens with zero attached hydrogens (tertiary/aromatic N) is 1. The Hall–Kier alpha value is -2.89. The molecule has 1 aliphatic heterocycles. The number of anilines is 1. The zero-order chi connectivity index (χ0) is 15.9. The monoisotopic (exact) mass is 297 g/mol. The lowest BCUT2D eigenvalue weighted by Gasteiger charge is -2.17. The van der Waals surface area contributed by atoms with Crippen molar-refractivity contribution in [2.45, 2.75) is 19.9 Å². The SMILES string of the molecule is Cc1cc(-c2ccccc2)c(N2C(=O)NC(C)C2=O)c(=O)[nH]1. The third kappa shape index (κ3) is 2.18. The molecule has 1 unspecified atom stereocenters. The summed E-state index contributed by atoms with van der Waals surface area (Å²) in [5.74, 6) is -0.434. The maximum absolute atomic E-state index is 12.4. The minimum atomic E-state index is -0.642. The van der Waals surface area contributed by atoms with Gasteiger partial charge >= 0.3 is 6.03 Å². The van der Waals surface area contributed by atoms with E-state index < -0.39 is 23.5 Å². The second-order valence-corrected chi connectivity index (χ2v) is 5.25. The lowest BCUT2D eigenvalue weighted by atomic mass is 10.0. The highest BCUT2D eigenvalue weighted by Crippen LogP contribution is 2.30. The van der Waals surface area contributed by atoms with Crippen LogP contribution in [0.15, 0.2) is 41.2 Å². The van der Waals surface area contributed by atoms with Gasteiger partial charge in [-0.05, 0) is 25.5 Å². The number of aryl methyl sites for hydroxylation is 1. The Balaban J connectivity index is 2.26. The molecule has 1 fully saturated rings. The Bertz CT molecular complexity index is 811. The molecule has 3 amide bonds. The molecule has 0 spiro atoms. The van der Waals surface area contributed by atoms with Crippen LogP contribution >= 0.6 is 0 Å². The Morgan fingerprint density at radius 1 is 1.09 bits per heavy atom. The highest BCUT2D eigenvalue weighted by Gasteiger charge is 2.39. The highest BCUT2D eigenvalue weighted by atomic mass is 16.2. The summed E-state index contributed by atoms with van der Waals surface area (Å²) in [5.41, 5.74) is 1.58. The van der Waals surface area contributed by atoms with Crippen LogP contribution in [0.25, 0.3) is 11.1 Å². The standard InChI is InChI=1S/C16H15N3O3/c1-9-8-12(11-6-4-3-5-7-11)13(14(20)17-9)19-15(21)10(2)18-16(19)22/h3-8,10H,1-2H3,(H,17,20)(H,18,22). The number of carbonyl (C=O) groups excluding carboxylic acids is 2. The number of hydrogen-bond donors (Lipinski definition) is 2. The Kier molecular flexibility index (Phi) is 3.29. The van der Waals surface area contributed by atoms with E-state index in [1.54, 1.807) is 19.9 Å². The van der Waals surface area contributed by atoms with Crippen molar-refractivity contribution in [2.24, 2.45) is 0 Å². The number of pyridine rings is 1. The third-order valence-electron chi connectivity index (χ3n) is 3.58. The Morgan fingerprint density at radius 3 is 2.36 bits per heavy atom. The van der Waals surface area contributed by atoms with Gasteiger partial charge in [0.25, 0.3) is 11.5 Å². The first-order valence-corrected chi connectivity index (χ1v) is 6.93. The van der Waals surface area contributed by atoms with E-state index >= 15 is 0 Å². The second kappa shape index (κ2) is 5.14. The molecule has 1 aromatic carbocycles. The number of carbonyl (C=O) groups is 2. The van der Waals surface area contributed by atoms with Crippen molar-refractivity contribution >= 4 is 17.6 Å². The predicted molar refractivity (Wildman–Crippen MR) is 82.7 cm³/mol. The predicted octanol–water partition coefficient (Wildman–Crippen LogP) is 1.80. The maximum Gasteiger partial charge on any atom is 0.329 e. The van der Waals surface area contributed by atoms with Crippen molar-refractivity contribution in [1.29, 1.82) is 0 Å². The van der Waals surface area contributed by atoms with Crippen molar-refractivity contribution in [2.75, 3.05) is 4.90 Å². The average Bonchev–Trinajstić information content (AvgIpc) is 2.73. The molecular formula is C16H15N3O3. The van der Waals surface area contributed by atoms with Crippen LogP contribution in [0.5, 0.6) is 0 Å². The fourth-order valence-corrected chi connectivity index (χ4v) is 2.56. The molecule has 22 heavy (non-hydrogen) atoms. The quantitative estimate of drug-likeness (QED) is 0.829. The van der Waals surface area contributed by atoms with Gasteiger partial charge in [-0.1, -0.05) is 30.3 Å². The lowest BCUT2D eigenvalue weighted by Crippen LogP contribution is -2.36. The van der Waals surface area contributed by atoms with E-state index in [9.17, 15) is 14.4 Å². The number of imide groups is 1. The second-order valence-electron chi connectivity index (χ2n) is 5.25. The third-order valence-corrected chi connectivity index (χ3v) is 3.58. The van der Waals surface area contributed by atoms with Crippen molar-refractivity contribution in [1.82, 2.24) is 10.3 Å². The fourth-order valence-electron chi connectivity index (χ4n) is 2.56. The van der Waals surface area contributed by atoms with Crippen molar-refractivity contribution in [3.63, 3.8) is 0 Å². The number of benzene rings is 1. The largest absolute Gasteiger partial charge is 0.329 e. The molecule has 0 bridgehead atoms. The van der Waals surface area contributed by atoms with Crippen molar-refractivity contribution < 1.29 is 9.59 Å². The average molecular weight is 297 g/mol. The summed E-state index contributed by atoms with van der Waals surface area (Å²) in [7, 11) is 0. The van der Waals surface area contributed by atoms with Crippen LogP contribution in [-0.2, 0) is 4.79 Å². The summed E-state index contributed by atoms with van der Waals surface area (Å²) in [6.45, 7) is 3.34. The molecular weight excluding hydrogens is 282 g/mol. The number of H-pyrrole nitrogens is 1. The van der Waals surface area contributed by atoms with Crippen molar-refractivity contribution in [3.05, 3.63) is 52.4 Å². The van der Waals surface area contributed by atoms with Crippen LogP contribution in [0, 0.1) is 6.92 Å². The van der Waals surface area contributed by atoms with Crippen LogP contribution in [0.4, 0.5) is 10.5 Å². The molecule has 0 radical (unpaired) electrons. The minimum absolute atomic E-state index is 0.0589. The van der Waals surface area contributed by atoms with Gasteiger partial charge in [0, 0.05) is 11.3 Å². The zero-order valence-electron chi connectivity index (χ0n) is 12.2. The molecule has 6 heteroatoms. The smallest absolute Gasteiger partial charge is 0.326 e. The normalized spacial score (nSPS) is 17.7. The van der Waals surface area contributed by atoms with Crippen LogP contribution in [0.2, 0.25) is 0 Å². The molecule has 1 aliphatic rings. The van der Waals surface area contributed by atoms with E-state index in [1.807, 2.05) is 30.3 Å². The van der Waals surface area contributed by atoms with Crippen LogP contribution in [-0.4, -0.2) is 23.0 Å². The summed E-state index contributed by atoms with van der Waals surface area (Å²) in [4.78, 5) is 40.2. The first-order valence-electron chi connectivity index (χ1n) is 6.93. The van der Waals surface area contributed by atoms with E-state index in [-0.39, 0.29) is 5.69 Å². The van der Waals surface area contributed by atoms with Gasteiger partial charge in [0.15, 0.2) is 0 Å². The van der Waals surface area contributed by atoms with Crippen LogP contribution in [0.3, 0.4) is 0 Å². The molecule has 3 rings (SSSR count). The van der Waals surface area contributed by atoms with E-state index in [1.165, 1.54) is 0 Å². The van der Waals surface area contributed by atoms with Gasteiger partial charge in [-0.3, -0.25) is 9.59 Å². The number of hydrogen-bond acceptors (Lipinski definition) is 3. The van der Waals surface area contributed by atoms with Crippen LogP contribution < -0.4 is 15.8 Å². The molecule has 1 atom stereocenters. The van der Waals surface area contributed by atoms with E-state index in [0.717, 1.165) is 10.5 Å². The Labute approximate surface area is 126 Å². The molecule has 6 nitrogen and oxygen atoms in total. The number of aromatic nitrogens is 1. The first kappa shape index (κ1) is 14.1. The lowest BCUT2D eigenvalue weighted by molar-refractivity contribution is -0.117. The highest BCUT2D eigenvalue weighted by molar-refractivity contribution is 6.22. The van der Waals surface area contributed by atoms with E-state index in [0.29, 0.717) is 11.3 Å². The topological polar surface area (TPSA) is 82.3 Å². The van der Waals surface area contributed by atoms with E-state index in [2.05, 4.69) is 10.3 Å². The summed E-state index contributed by atoms with van der Waals surface area (Å²) in [6.07, 6.45) is 0. The molecule has 2 heterocycles. The summed E-state index contributed by atoms with van der Waals surface area (Å²) >= 11 is 0. The summed E-state index contributed by atoms with van der Waals surface area (Å²) in [6, 6.07) is 9.74. The number of rotatable bonds is 2. The molecule has 0 aliphatic carbocycles. The number of urea groups is 1. The number of nitrogens with one attached hydrogen (secondary N) is 2. The minimum Gasteiger partial charge on any atom is -0.326 e. The van der Waals surface area contributed by atoms with Crippen LogP contribution in [0.1, 0.15) is 12.6 Å². The van der Waals surface area contributed by atoms with Gasteiger partial charge in [0.05, 0.1) is 0 Å². The van der Waals surface area contributed by atoms with Gasteiger partial charge in [-0.2, -0.15) is 0 Å². The molecule has 2 N–H and O–H groups in total. The summed E-state index contributed by atoms with van der Waals surface area (Å²) < 4.78 is 0. The van der Waals surface area contributed by atoms with Gasteiger partial charge in [-0.25, -0.2) is 9.69 Å². The molecule has 2 aromatic rings. The van der Waals surface area contributed by atoms with Gasteiger partial charge in [-0.15, -0.1) is 0 Å². The zero-order valence-corrected chi connectivity index (χ0v) is 12.2. The number of amides is 3. The molecule has 0 saturated carbocycles. The first-order chi connectivity index (χ1) is 10.5. The fraction of sp³-hybridized carbons (Fsp3) is 0.188. The summed E-state index contributed by atoms with van der Waals surface area (Å²) in [5, 5.41) is 2.52. The maximum atomic E-state index is 12.4. The molecule has 112 valence electrons. The van der Waals surface area contributed by atoms with Gasteiger partial charge < -0.3 is 10.3 Å². The van der Waals surface area contributed by atoms with Crippen molar-refractivity contribution in [3.8, 4) is 11.1 Å².